The second kappa shape index (κ2) is 7.16. The van der Waals surface area contributed by atoms with Crippen LogP contribution in [-0.2, 0) is 28.5 Å². The van der Waals surface area contributed by atoms with E-state index in [9.17, 15) is 9.59 Å². The third-order valence-electron chi connectivity index (χ3n) is 5.05. The van der Waals surface area contributed by atoms with E-state index in [1.807, 2.05) is 44.2 Å². The fraction of sp³-hybridized carbons (Fsp3) is 0.429. The first kappa shape index (κ1) is 18.9. The Labute approximate surface area is 163 Å². The van der Waals surface area contributed by atoms with Crippen molar-refractivity contribution in [2.24, 2.45) is 0 Å². The Balaban J connectivity index is 1.52. The fourth-order valence-corrected chi connectivity index (χ4v) is 3.69. The van der Waals surface area contributed by atoms with Crippen molar-refractivity contribution in [3.8, 4) is 0 Å². The number of carbonyl (C=O) groups excluding carboxylic acids is 2. The molecule has 7 nitrogen and oxygen atoms in total. The molecule has 4 atom stereocenters. The van der Waals surface area contributed by atoms with E-state index in [-0.39, 0.29) is 11.9 Å². The standard InChI is InChI=1S/C21H23NO6/c1-21(2)26-11-17(28-21)16-10-15(20(24)27-16)22-14-9-13(18(23)19(14)25-3)12-7-5-4-6-8-12/h4-10,14,16-17,19,22H,11H2,1-3H3/t14-,16-,17-,19+/m0/s1. The summed E-state index contributed by atoms with van der Waals surface area (Å²) < 4.78 is 22.1. The maximum absolute atomic E-state index is 12.7. The highest BCUT2D eigenvalue weighted by atomic mass is 16.8. The number of hydrogen-bond donors (Lipinski definition) is 1. The van der Waals surface area contributed by atoms with Crippen LogP contribution in [0.25, 0.3) is 5.57 Å². The summed E-state index contributed by atoms with van der Waals surface area (Å²) in [6.07, 6.45) is 1.87. The van der Waals surface area contributed by atoms with Crippen molar-refractivity contribution in [3.63, 3.8) is 0 Å². The second-order valence-electron chi connectivity index (χ2n) is 7.45. The van der Waals surface area contributed by atoms with E-state index >= 15 is 0 Å². The van der Waals surface area contributed by atoms with Gasteiger partial charge in [0.25, 0.3) is 0 Å². The molecule has 3 aliphatic rings. The lowest BCUT2D eigenvalue weighted by atomic mass is 10.0. The lowest BCUT2D eigenvalue weighted by Crippen LogP contribution is -2.40. The van der Waals surface area contributed by atoms with E-state index in [2.05, 4.69) is 5.32 Å². The van der Waals surface area contributed by atoms with Gasteiger partial charge in [-0.1, -0.05) is 30.3 Å². The molecule has 1 aromatic rings. The van der Waals surface area contributed by atoms with Gasteiger partial charge in [0.2, 0.25) is 0 Å². The minimum Gasteiger partial charge on any atom is -0.450 e. The van der Waals surface area contributed by atoms with Crippen LogP contribution >= 0.6 is 0 Å². The number of Topliss-reactive ketones (excluding diaryl/α,β-unsaturated/α-hetero) is 1. The molecule has 0 unspecified atom stereocenters. The summed E-state index contributed by atoms with van der Waals surface area (Å²) in [5, 5.41) is 3.10. The van der Waals surface area contributed by atoms with Crippen LogP contribution in [0.5, 0.6) is 0 Å². The van der Waals surface area contributed by atoms with Crippen molar-refractivity contribution in [2.75, 3.05) is 13.7 Å². The number of benzene rings is 1. The molecule has 148 valence electrons. The molecule has 1 fully saturated rings. The number of ketones is 1. The van der Waals surface area contributed by atoms with E-state index < -0.39 is 30.0 Å². The summed E-state index contributed by atoms with van der Waals surface area (Å²) in [5.41, 5.74) is 1.69. The van der Waals surface area contributed by atoms with Gasteiger partial charge in [0.1, 0.15) is 17.9 Å². The number of hydrogen-bond acceptors (Lipinski definition) is 7. The predicted molar refractivity (Wildman–Crippen MR) is 100 cm³/mol. The van der Waals surface area contributed by atoms with Crippen LogP contribution in [0, 0.1) is 0 Å². The zero-order valence-corrected chi connectivity index (χ0v) is 16.0. The molecule has 0 amide bonds. The van der Waals surface area contributed by atoms with Crippen LogP contribution in [-0.4, -0.2) is 55.6 Å². The highest BCUT2D eigenvalue weighted by molar-refractivity contribution is 6.25. The summed E-state index contributed by atoms with van der Waals surface area (Å²) in [5.74, 6) is -1.31. The van der Waals surface area contributed by atoms with E-state index in [1.165, 1.54) is 7.11 Å². The molecule has 1 aliphatic carbocycles. The molecule has 7 heteroatoms. The van der Waals surface area contributed by atoms with Crippen molar-refractivity contribution >= 4 is 17.3 Å². The topological polar surface area (TPSA) is 83.1 Å². The monoisotopic (exact) mass is 385 g/mol. The molecule has 1 saturated heterocycles. The molecule has 1 aromatic carbocycles. The Hall–Kier alpha value is -2.48. The highest BCUT2D eigenvalue weighted by Gasteiger charge is 2.43. The van der Waals surface area contributed by atoms with Crippen molar-refractivity contribution in [3.05, 3.63) is 53.7 Å². The zero-order chi connectivity index (χ0) is 19.9. The van der Waals surface area contributed by atoms with Gasteiger partial charge in [-0.3, -0.25) is 4.79 Å². The number of nitrogens with one attached hydrogen (secondary N) is 1. The molecule has 0 bridgehead atoms. The summed E-state index contributed by atoms with van der Waals surface area (Å²) in [6, 6.07) is 8.91. The Bertz CT molecular complexity index is 844. The molecular weight excluding hydrogens is 362 g/mol. The van der Waals surface area contributed by atoms with Crippen molar-refractivity contribution in [1.82, 2.24) is 5.32 Å². The quantitative estimate of drug-likeness (QED) is 0.771. The molecule has 2 heterocycles. The van der Waals surface area contributed by atoms with Gasteiger partial charge >= 0.3 is 5.97 Å². The lowest BCUT2D eigenvalue weighted by Gasteiger charge is -2.19. The van der Waals surface area contributed by atoms with Gasteiger partial charge in [0.15, 0.2) is 17.7 Å². The highest BCUT2D eigenvalue weighted by Crippen LogP contribution is 2.30. The Morgan fingerprint density at radius 2 is 1.89 bits per heavy atom. The van der Waals surface area contributed by atoms with Crippen LogP contribution in [0.4, 0.5) is 0 Å². The van der Waals surface area contributed by atoms with Gasteiger partial charge < -0.3 is 24.3 Å². The number of carbonyl (C=O) groups is 2. The predicted octanol–water partition coefficient (Wildman–Crippen LogP) is 1.59. The lowest BCUT2D eigenvalue weighted by molar-refractivity contribution is -0.160. The molecule has 0 aromatic heterocycles. The summed E-state index contributed by atoms with van der Waals surface area (Å²) in [6.45, 7) is 3.97. The molecule has 1 N–H and O–H groups in total. The van der Waals surface area contributed by atoms with Crippen LogP contribution in [0.2, 0.25) is 0 Å². The summed E-state index contributed by atoms with van der Waals surface area (Å²) in [7, 11) is 1.48. The van der Waals surface area contributed by atoms with E-state index in [0.29, 0.717) is 17.9 Å². The normalized spacial score (nSPS) is 31.5. The molecule has 0 spiro atoms. The van der Waals surface area contributed by atoms with E-state index in [0.717, 1.165) is 5.56 Å². The Morgan fingerprint density at radius 1 is 1.14 bits per heavy atom. The van der Waals surface area contributed by atoms with Crippen molar-refractivity contribution < 1.29 is 28.5 Å². The van der Waals surface area contributed by atoms with Crippen molar-refractivity contribution in [2.45, 2.75) is 44.0 Å². The average molecular weight is 385 g/mol. The fourth-order valence-electron chi connectivity index (χ4n) is 3.69. The minimum absolute atomic E-state index is 0.121. The van der Waals surface area contributed by atoms with Crippen LogP contribution in [0.3, 0.4) is 0 Å². The number of esters is 1. The van der Waals surface area contributed by atoms with Gasteiger partial charge in [-0.15, -0.1) is 0 Å². The van der Waals surface area contributed by atoms with Crippen molar-refractivity contribution in [1.29, 1.82) is 0 Å². The van der Waals surface area contributed by atoms with Crippen LogP contribution in [0.15, 0.2) is 48.2 Å². The third kappa shape index (κ3) is 3.48. The minimum atomic E-state index is -0.715. The van der Waals surface area contributed by atoms with Crippen LogP contribution < -0.4 is 5.32 Å². The maximum atomic E-state index is 12.7. The molecule has 0 saturated carbocycles. The van der Waals surface area contributed by atoms with E-state index in [4.69, 9.17) is 18.9 Å². The zero-order valence-electron chi connectivity index (χ0n) is 16.0. The maximum Gasteiger partial charge on any atom is 0.354 e. The number of rotatable bonds is 5. The summed E-state index contributed by atoms with van der Waals surface area (Å²) in [4.78, 5) is 25.1. The van der Waals surface area contributed by atoms with Gasteiger partial charge in [-0.2, -0.15) is 0 Å². The largest absolute Gasteiger partial charge is 0.450 e. The number of ether oxygens (including phenoxy) is 4. The van der Waals surface area contributed by atoms with E-state index in [1.54, 1.807) is 12.2 Å². The second-order valence-corrected chi connectivity index (χ2v) is 7.45. The first-order valence-corrected chi connectivity index (χ1v) is 9.23. The molecule has 0 radical (unpaired) electrons. The number of cyclic esters (lactones) is 1. The number of methoxy groups -OCH3 is 1. The molecule has 4 rings (SSSR count). The van der Waals surface area contributed by atoms with Crippen LogP contribution in [0.1, 0.15) is 19.4 Å². The van der Waals surface area contributed by atoms with Gasteiger partial charge in [-0.05, 0) is 31.6 Å². The first-order chi connectivity index (χ1) is 13.4. The summed E-state index contributed by atoms with van der Waals surface area (Å²) >= 11 is 0. The van der Waals surface area contributed by atoms with Gasteiger partial charge in [-0.25, -0.2) is 4.79 Å². The smallest absolute Gasteiger partial charge is 0.354 e. The molecule has 28 heavy (non-hydrogen) atoms. The first-order valence-electron chi connectivity index (χ1n) is 9.23. The van der Waals surface area contributed by atoms with Gasteiger partial charge in [0, 0.05) is 12.7 Å². The SMILES string of the molecule is CO[C@H]1C(=O)C(c2ccccc2)=C[C@@H]1NC1=C[C@@H]([C@@H]2COC(C)(C)O2)OC1=O. The molecule has 2 aliphatic heterocycles. The Morgan fingerprint density at radius 3 is 2.54 bits per heavy atom. The third-order valence-corrected chi connectivity index (χ3v) is 5.05. The van der Waals surface area contributed by atoms with Gasteiger partial charge in [0.05, 0.1) is 12.6 Å². The Kier molecular flexibility index (Phi) is 4.82. The average Bonchev–Trinajstić information content (AvgIpc) is 3.31. The molecular formula is C21H23NO6.